The summed E-state index contributed by atoms with van der Waals surface area (Å²) in [5, 5.41) is 6.83. The molecular formula is C10H14N6O5. The maximum absolute atomic E-state index is 11.2. The number of hydrogen-bond acceptors (Lipinski definition) is 7. The van der Waals surface area contributed by atoms with Crippen LogP contribution in [0.3, 0.4) is 0 Å². The zero-order chi connectivity index (χ0) is 15.8. The first-order valence-corrected chi connectivity index (χ1v) is 6.00. The van der Waals surface area contributed by atoms with E-state index >= 15 is 0 Å². The van der Waals surface area contributed by atoms with Crippen LogP contribution in [0.25, 0.3) is 20.9 Å². The Morgan fingerprint density at radius 2 is 1.81 bits per heavy atom. The number of hydrogen-bond donors (Lipinski definition) is 0. The SMILES string of the molecule is CC(=O)OC1C(N=[N+]=[N-])COC(CN=[N+]=[N-])C1OC(C)=O. The van der Waals surface area contributed by atoms with Crippen molar-refractivity contribution in [2.45, 2.75) is 38.2 Å². The van der Waals surface area contributed by atoms with E-state index in [4.69, 9.17) is 25.3 Å². The Bertz CT molecular complexity index is 498. The summed E-state index contributed by atoms with van der Waals surface area (Å²) in [6.45, 7) is 2.18. The van der Waals surface area contributed by atoms with Gasteiger partial charge < -0.3 is 14.2 Å². The van der Waals surface area contributed by atoms with Crippen molar-refractivity contribution in [1.82, 2.24) is 0 Å². The van der Waals surface area contributed by atoms with Gasteiger partial charge in [0.05, 0.1) is 13.2 Å². The van der Waals surface area contributed by atoms with Gasteiger partial charge in [-0.15, -0.1) is 0 Å². The fourth-order valence-electron chi connectivity index (χ4n) is 1.95. The Hall–Kier alpha value is -2.48. The van der Waals surface area contributed by atoms with Crippen LogP contribution in [0.15, 0.2) is 10.2 Å². The van der Waals surface area contributed by atoms with Crippen molar-refractivity contribution in [1.29, 1.82) is 0 Å². The van der Waals surface area contributed by atoms with E-state index in [1.165, 1.54) is 13.8 Å². The summed E-state index contributed by atoms with van der Waals surface area (Å²) < 4.78 is 15.5. The molecule has 0 spiro atoms. The van der Waals surface area contributed by atoms with Crippen LogP contribution in [0.2, 0.25) is 0 Å². The van der Waals surface area contributed by atoms with Crippen LogP contribution in [-0.2, 0) is 23.8 Å². The lowest BCUT2D eigenvalue weighted by Gasteiger charge is -2.39. The summed E-state index contributed by atoms with van der Waals surface area (Å²) in [6.07, 6.45) is -2.82. The van der Waals surface area contributed by atoms with Crippen LogP contribution in [0.1, 0.15) is 13.8 Å². The zero-order valence-corrected chi connectivity index (χ0v) is 11.4. The smallest absolute Gasteiger partial charge is 0.303 e. The predicted molar refractivity (Wildman–Crippen MR) is 67.8 cm³/mol. The van der Waals surface area contributed by atoms with Crippen LogP contribution >= 0.6 is 0 Å². The van der Waals surface area contributed by atoms with Crippen molar-refractivity contribution in [2.24, 2.45) is 10.2 Å². The summed E-state index contributed by atoms with van der Waals surface area (Å²) in [5.74, 6) is -1.26. The first-order chi connectivity index (χ1) is 9.99. The van der Waals surface area contributed by atoms with Crippen LogP contribution in [0.4, 0.5) is 0 Å². The monoisotopic (exact) mass is 298 g/mol. The lowest BCUT2D eigenvalue weighted by atomic mass is 9.98. The van der Waals surface area contributed by atoms with E-state index in [9.17, 15) is 9.59 Å². The molecule has 0 aromatic rings. The van der Waals surface area contributed by atoms with Crippen LogP contribution in [0, 0.1) is 0 Å². The minimum atomic E-state index is -1.03. The van der Waals surface area contributed by atoms with E-state index in [2.05, 4.69) is 20.1 Å². The van der Waals surface area contributed by atoms with Crippen molar-refractivity contribution in [2.75, 3.05) is 13.2 Å². The van der Waals surface area contributed by atoms with Gasteiger partial charge in [0.15, 0.2) is 12.2 Å². The van der Waals surface area contributed by atoms with E-state index in [-0.39, 0.29) is 13.2 Å². The van der Waals surface area contributed by atoms with Gasteiger partial charge in [0.2, 0.25) is 0 Å². The molecular weight excluding hydrogens is 284 g/mol. The Kier molecular flexibility index (Phi) is 6.28. The summed E-state index contributed by atoms with van der Waals surface area (Å²) in [5.41, 5.74) is 16.9. The van der Waals surface area contributed by atoms with Crippen LogP contribution < -0.4 is 0 Å². The number of esters is 2. The molecule has 1 heterocycles. The fourth-order valence-corrected chi connectivity index (χ4v) is 1.95. The third kappa shape index (κ3) is 4.84. The van der Waals surface area contributed by atoms with Gasteiger partial charge in [0.1, 0.15) is 12.1 Å². The van der Waals surface area contributed by atoms with E-state index < -0.39 is 36.3 Å². The molecule has 0 radical (unpaired) electrons. The Morgan fingerprint density at radius 1 is 1.19 bits per heavy atom. The van der Waals surface area contributed by atoms with Gasteiger partial charge >= 0.3 is 11.9 Å². The largest absolute Gasteiger partial charge is 0.458 e. The van der Waals surface area contributed by atoms with Crippen LogP contribution in [-0.4, -0.2) is 49.4 Å². The average molecular weight is 298 g/mol. The number of carbonyl (C=O) groups is 2. The highest BCUT2D eigenvalue weighted by Crippen LogP contribution is 2.24. The Morgan fingerprint density at radius 3 is 2.33 bits per heavy atom. The van der Waals surface area contributed by atoms with Gasteiger partial charge in [0.25, 0.3) is 0 Å². The molecule has 0 amide bonds. The molecule has 0 aromatic carbocycles. The molecule has 1 rings (SSSR count). The standard InChI is InChI=1S/C10H14N6O5/c1-5(17)20-9-7(14-16-12)4-19-8(3-13-15-11)10(9)21-6(2)18/h7-10H,3-4H2,1-2H3. The molecule has 114 valence electrons. The van der Waals surface area contributed by atoms with Crippen molar-refractivity contribution in [3.8, 4) is 0 Å². The second kappa shape index (κ2) is 7.95. The molecule has 1 aliphatic heterocycles. The molecule has 0 aliphatic carbocycles. The highest BCUT2D eigenvalue weighted by atomic mass is 16.6. The minimum Gasteiger partial charge on any atom is -0.458 e. The molecule has 0 bridgehead atoms. The zero-order valence-electron chi connectivity index (χ0n) is 11.4. The van der Waals surface area contributed by atoms with Gasteiger partial charge in [-0.05, 0) is 11.1 Å². The molecule has 4 unspecified atom stereocenters. The second-order valence-corrected chi connectivity index (χ2v) is 4.21. The van der Waals surface area contributed by atoms with Gasteiger partial charge in [0, 0.05) is 23.7 Å². The third-order valence-electron chi connectivity index (χ3n) is 2.68. The maximum atomic E-state index is 11.2. The number of azide groups is 2. The fraction of sp³-hybridized carbons (Fsp3) is 0.800. The highest BCUT2D eigenvalue weighted by molar-refractivity contribution is 5.67. The molecule has 0 N–H and O–H groups in total. The number of ether oxygens (including phenoxy) is 3. The molecule has 4 atom stereocenters. The Balaban J connectivity index is 3.05. The van der Waals surface area contributed by atoms with E-state index in [1.807, 2.05) is 0 Å². The van der Waals surface area contributed by atoms with Gasteiger partial charge in [-0.1, -0.05) is 10.2 Å². The Labute approximate surface area is 119 Å². The van der Waals surface area contributed by atoms with Crippen LogP contribution in [0.5, 0.6) is 0 Å². The molecule has 1 saturated heterocycles. The topological polar surface area (TPSA) is 159 Å². The second-order valence-electron chi connectivity index (χ2n) is 4.21. The number of nitrogens with zero attached hydrogens (tertiary/aromatic N) is 6. The molecule has 21 heavy (non-hydrogen) atoms. The minimum absolute atomic E-state index is 0.0502. The molecule has 11 heteroatoms. The summed E-state index contributed by atoms with van der Waals surface area (Å²) >= 11 is 0. The highest BCUT2D eigenvalue weighted by Gasteiger charge is 2.44. The lowest BCUT2D eigenvalue weighted by molar-refractivity contribution is -0.195. The molecule has 11 nitrogen and oxygen atoms in total. The summed E-state index contributed by atoms with van der Waals surface area (Å²) in [7, 11) is 0. The normalized spacial score (nSPS) is 27.7. The van der Waals surface area contributed by atoms with Crippen molar-refractivity contribution in [3.63, 3.8) is 0 Å². The quantitative estimate of drug-likeness (QED) is 0.322. The van der Waals surface area contributed by atoms with Gasteiger partial charge in [-0.25, -0.2) is 0 Å². The van der Waals surface area contributed by atoms with Gasteiger partial charge in [-0.3, -0.25) is 9.59 Å². The van der Waals surface area contributed by atoms with E-state index in [1.54, 1.807) is 0 Å². The molecule has 0 saturated carbocycles. The number of carbonyl (C=O) groups excluding carboxylic acids is 2. The maximum Gasteiger partial charge on any atom is 0.303 e. The van der Waals surface area contributed by atoms with Crippen molar-refractivity contribution in [3.05, 3.63) is 20.9 Å². The van der Waals surface area contributed by atoms with Crippen molar-refractivity contribution >= 4 is 11.9 Å². The predicted octanol–water partition coefficient (Wildman–Crippen LogP) is 1.24. The first-order valence-electron chi connectivity index (χ1n) is 6.00. The summed E-state index contributed by atoms with van der Waals surface area (Å²) in [6, 6.07) is -0.842. The lowest BCUT2D eigenvalue weighted by Crippen LogP contribution is -2.56. The number of rotatable bonds is 5. The average Bonchev–Trinajstić information content (AvgIpc) is 2.40. The summed E-state index contributed by atoms with van der Waals surface area (Å²) in [4.78, 5) is 27.6. The first kappa shape index (κ1) is 16.6. The molecule has 1 aliphatic rings. The van der Waals surface area contributed by atoms with E-state index in [0.717, 1.165) is 0 Å². The molecule has 1 fully saturated rings. The van der Waals surface area contributed by atoms with E-state index in [0.29, 0.717) is 0 Å². The van der Waals surface area contributed by atoms with Crippen molar-refractivity contribution < 1.29 is 23.8 Å². The molecule has 0 aromatic heterocycles. The van der Waals surface area contributed by atoms with Gasteiger partial charge in [-0.2, -0.15) is 0 Å². The third-order valence-corrected chi connectivity index (χ3v) is 2.68.